The molecule has 2 aliphatic rings. The Morgan fingerprint density at radius 3 is 2.25 bits per heavy atom. The summed E-state index contributed by atoms with van der Waals surface area (Å²) in [5.41, 5.74) is 0.327. The van der Waals surface area contributed by atoms with Gasteiger partial charge in [-0.2, -0.15) is 0 Å². The van der Waals surface area contributed by atoms with Crippen molar-refractivity contribution in [2.45, 2.75) is 166 Å². The van der Waals surface area contributed by atoms with Crippen LogP contribution in [0, 0.1) is 5.92 Å². The Labute approximate surface area is 337 Å². The molecule has 1 aromatic rings. The summed E-state index contributed by atoms with van der Waals surface area (Å²) in [4.78, 5) is 68.9. The molecule has 1 aromatic carbocycles. The molecule has 0 spiro atoms. The minimum Gasteiger partial charge on any atom is -0.507 e. The average Bonchev–Trinajstić information content (AvgIpc) is 3.65. The molecule has 15 heteroatoms. The van der Waals surface area contributed by atoms with Crippen LogP contribution in [0.15, 0.2) is 29.3 Å². The molecule has 5 N–H and O–H groups in total. The second kappa shape index (κ2) is 26.6. The summed E-state index contributed by atoms with van der Waals surface area (Å²) in [5.74, 6) is -3.23. The highest BCUT2D eigenvalue weighted by molar-refractivity contribution is 6.00. The predicted molar refractivity (Wildman–Crippen MR) is 213 cm³/mol. The first-order valence-electron chi connectivity index (χ1n) is 21.3. The first-order chi connectivity index (χ1) is 27.5. The van der Waals surface area contributed by atoms with E-state index >= 15 is 0 Å². The van der Waals surface area contributed by atoms with Crippen molar-refractivity contribution in [2.75, 3.05) is 19.7 Å². The number of ether oxygens (including phenoxy) is 2. The number of carbonyl (C=O) groups is 5. The van der Waals surface area contributed by atoms with E-state index in [0.29, 0.717) is 60.6 Å². The summed E-state index contributed by atoms with van der Waals surface area (Å²) in [5, 5.41) is 36.5. The molecule has 3 rings (SSSR count). The molecule has 5 atom stereocenters. The Morgan fingerprint density at radius 1 is 0.965 bits per heavy atom. The molecule has 2 aliphatic heterocycles. The average molecular weight is 802 g/mol. The number of phenolic OH excluding ortho intramolecular Hbond substituents is 1. The predicted octanol–water partition coefficient (Wildman–Crippen LogP) is 5.96. The molecule has 2 unspecified atom stereocenters. The van der Waals surface area contributed by atoms with E-state index in [0.717, 1.165) is 25.7 Å². The third kappa shape index (κ3) is 17.0. The Morgan fingerprint density at radius 2 is 1.60 bits per heavy atom. The number of para-hydroxylation sites is 1. The maximum absolute atomic E-state index is 13.9. The van der Waals surface area contributed by atoms with E-state index in [1.165, 1.54) is 57.4 Å². The minimum absolute atomic E-state index is 0.0218. The topological polar surface area (TPSA) is 207 Å². The number of hydrogen-bond donors (Lipinski definition) is 5. The highest BCUT2D eigenvalue weighted by atomic mass is 16.5. The smallest absolute Gasteiger partial charge is 0.328 e. The lowest BCUT2D eigenvalue weighted by Gasteiger charge is -2.28. The molecule has 1 fully saturated rings. The van der Waals surface area contributed by atoms with Crippen molar-refractivity contribution >= 4 is 36.0 Å². The van der Waals surface area contributed by atoms with Gasteiger partial charge in [-0.25, -0.2) is 19.9 Å². The van der Waals surface area contributed by atoms with Crippen molar-refractivity contribution in [1.82, 2.24) is 20.8 Å². The van der Waals surface area contributed by atoms with Crippen LogP contribution in [0.4, 0.5) is 0 Å². The number of nitrogens with one attached hydrogen (secondary N) is 2. The number of amides is 4. The maximum Gasteiger partial charge on any atom is 0.328 e. The number of aromatic hydroxyl groups is 1. The molecule has 0 bridgehead atoms. The summed E-state index contributed by atoms with van der Waals surface area (Å²) >= 11 is 0. The molecule has 15 nitrogen and oxygen atoms in total. The number of benzene rings is 1. The van der Waals surface area contributed by atoms with Crippen LogP contribution < -0.4 is 10.6 Å². The molecule has 320 valence electrons. The van der Waals surface area contributed by atoms with Gasteiger partial charge in [0.1, 0.15) is 30.5 Å². The van der Waals surface area contributed by atoms with Gasteiger partial charge < -0.3 is 25.2 Å². The van der Waals surface area contributed by atoms with Crippen LogP contribution in [0.25, 0.3) is 0 Å². The molecule has 0 radical (unpaired) electrons. The molecule has 57 heavy (non-hydrogen) atoms. The number of phenols is 1. The fourth-order valence-corrected chi connectivity index (χ4v) is 7.14. The van der Waals surface area contributed by atoms with E-state index in [-0.39, 0.29) is 44.2 Å². The van der Waals surface area contributed by atoms with Crippen LogP contribution in [0.2, 0.25) is 0 Å². The van der Waals surface area contributed by atoms with Crippen LogP contribution in [-0.2, 0) is 33.4 Å². The van der Waals surface area contributed by atoms with Crippen LogP contribution >= 0.6 is 0 Å². The first kappa shape index (κ1) is 47.1. The summed E-state index contributed by atoms with van der Waals surface area (Å²) in [6.45, 7) is 3.97. The Kier molecular flexibility index (Phi) is 22.0. The van der Waals surface area contributed by atoms with Gasteiger partial charge in [0.15, 0.2) is 6.04 Å². The lowest BCUT2D eigenvalue weighted by molar-refractivity contribution is -0.167. The quantitative estimate of drug-likeness (QED) is 0.0221. The van der Waals surface area contributed by atoms with Gasteiger partial charge in [-0.05, 0) is 63.5 Å². The number of unbranched alkanes of at least 4 members (excludes halogenated alkanes) is 13. The van der Waals surface area contributed by atoms with Gasteiger partial charge in [-0.15, -0.1) is 0 Å². The molecule has 2 heterocycles. The zero-order chi connectivity index (χ0) is 41.4. The standard InChI is InChI=1S/C42H67N5O10/c1-3-4-5-6-7-8-9-10-11-12-13-14-15-26-37(31(2)38(50)43-33-23-19-21-28-47(55)41(33)52)57-42(53)34(24-18-20-27-46(54)30-48)44-39(51)35-29-56-40(45-35)32-22-16-17-25-36(32)49/h16-17,22,25,30-31,33-35,37,49,54-55H,3-15,18-21,23-24,26-29H2,1-2H3,(H,43,50)(H,44,51)/t31?,33-,34+,35-,37?/m0/s1. The van der Waals surface area contributed by atoms with E-state index in [4.69, 9.17) is 9.47 Å². The Hall–Kier alpha value is -4.24. The van der Waals surface area contributed by atoms with Crippen molar-refractivity contribution in [2.24, 2.45) is 10.9 Å². The molecule has 0 aromatic heterocycles. The fourth-order valence-electron chi connectivity index (χ4n) is 7.14. The molecule has 1 saturated heterocycles. The van der Waals surface area contributed by atoms with Gasteiger partial charge in [-0.1, -0.05) is 103 Å². The second-order valence-corrected chi connectivity index (χ2v) is 15.4. The van der Waals surface area contributed by atoms with Crippen LogP contribution in [0.5, 0.6) is 5.75 Å². The number of rotatable bonds is 28. The third-order valence-corrected chi connectivity index (χ3v) is 10.8. The lowest BCUT2D eigenvalue weighted by atomic mass is 9.96. The zero-order valence-corrected chi connectivity index (χ0v) is 34.1. The Bertz CT molecular complexity index is 1430. The van der Waals surface area contributed by atoms with E-state index in [1.54, 1.807) is 25.1 Å². The molecular formula is C42H67N5O10. The van der Waals surface area contributed by atoms with E-state index in [1.807, 2.05) is 0 Å². The number of hydrogen-bond acceptors (Lipinski definition) is 11. The molecule has 0 aliphatic carbocycles. The monoisotopic (exact) mass is 801 g/mol. The van der Waals surface area contributed by atoms with Gasteiger partial charge in [0.25, 0.3) is 5.91 Å². The highest BCUT2D eigenvalue weighted by Crippen LogP contribution is 2.23. The number of esters is 1. The SMILES string of the molecule is CCCCCCCCCCCCCCCC(OC(=O)[C@@H](CCCCN(O)C=O)NC(=O)[C@@H]1COC(c2ccccc2O)=N1)C(C)C(=O)N[C@H]1CCCCN(O)C1=O. The third-order valence-electron chi connectivity index (χ3n) is 10.8. The summed E-state index contributed by atoms with van der Waals surface area (Å²) in [6.07, 6.45) is 17.3. The summed E-state index contributed by atoms with van der Waals surface area (Å²) in [7, 11) is 0. The second-order valence-electron chi connectivity index (χ2n) is 15.4. The van der Waals surface area contributed by atoms with Crippen LogP contribution in [-0.4, -0.2) is 106 Å². The number of hydroxylamine groups is 4. The van der Waals surface area contributed by atoms with Crippen molar-refractivity contribution < 1.29 is 49.0 Å². The maximum atomic E-state index is 13.9. The van der Waals surface area contributed by atoms with Gasteiger partial charge in [0.05, 0.1) is 11.5 Å². The minimum atomic E-state index is -1.15. The molecule has 4 amide bonds. The summed E-state index contributed by atoms with van der Waals surface area (Å²) in [6, 6.07) is 3.37. The zero-order valence-electron chi connectivity index (χ0n) is 34.1. The molecule has 0 saturated carbocycles. The van der Waals surface area contributed by atoms with Gasteiger partial charge >= 0.3 is 5.97 Å². The number of aliphatic imine (C=N–C) groups is 1. The van der Waals surface area contributed by atoms with Crippen LogP contribution in [0.1, 0.15) is 148 Å². The number of carbonyl (C=O) groups excluding carboxylic acids is 5. The van der Waals surface area contributed by atoms with Crippen molar-refractivity contribution in [3.8, 4) is 5.75 Å². The van der Waals surface area contributed by atoms with E-state index in [2.05, 4.69) is 22.5 Å². The lowest BCUT2D eigenvalue weighted by Crippen LogP contribution is -2.51. The Balaban J connectivity index is 1.66. The van der Waals surface area contributed by atoms with Crippen LogP contribution in [0.3, 0.4) is 0 Å². The van der Waals surface area contributed by atoms with Crippen molar-refractivity contribution in [1.29, 1.82) is 0 Å². The van der Waals surface area contributed by atoms with Gasteiger partial charge in [0.2, 0.25) is 24.1 Å². The largest absolute Gasteiger partial charge is 0.507 e. The fraction of sp³-hybridized carbons (Fsp3) is 0.714. The van der Waals surface area contributed by atoms with E-state index < -0.39 is 53.8 Å². The van der Waals surface area contributed by atoms with Crippen molar-refractivity contribution in [3.05, 3.63) is 29.8 Å². The van der Waals surface area contributed by atoms with Crippen molar-refractivity contribution in [3.63, 3.8) is 0 Å². The summed E-state index contributed by atoms with van der Waals surface area (Å²) < 4.78 is 11.7. The highest BCUT2D eigenvalue weighted by Gasteiger charge is 2.36. The number of nitrogens with zero attached hydrogens (tertiary/aromatic N) is 3. The first-order valence-corrected chi connectivity index (χ1v) is 21.3. The molecular weight excluding hydrogens is 734 g/mol. The van der Waals surface area contributed by atoms with Gasteiger partial charge in [-0.3, -0.25) is 29.6 Å². The van der Waals surface area contributed by atoms with E-state index in [9.17, 15) is 39.5 Å². The normalized spacial score (nSPS) is 18.4. The van der Waals surface area contributed by atoms with Gasteiger partial charge in [0, 0.05) is 13.1 Å².